The maximum absolute atomic E-state index is 13.6. The van der Waals surface area contributed by atoms with Gasteiger partial charge in [-0.3, -0.25) is 4.79 Å². The number of hydrogen-bond acceptors (Lipinski definition) is 15. The van der Waals surface area contributed by atoms with Crippen LogP contribution in [0.3, 0.4) is 0 Å². The van der Waals surface area contributed by atoms with Crippen molar-refractivity contribution in [1.82, 2.24) is 15.6 Å². The fourth-order valence-corrected chi connectivity index (χ4v) is 7.14. The van der Waals surface area contributed by atoms with Gasteiger partial charge in [0.05, 0.1) is 6.61 Å². The van der Waals surface area contributed by atoms with Gasteiger partial charge in [-0.05, 0) is 72.5 Å². The molecule has 0 aliphatic carbocycles. The average molecular weight is 789 g/mol. The van der Waals surface area contributed by atoms with Gasteiger partial charge < -0.3 is 75.4 Å². The molecule has 4 heterocycles. The first-order chi connectivity index (χ1) is 27.3. The number of carbonyl (C=O) groups is 1. The van der Waals surface area contributed by atoms with Gasteiger partial charge in [0, 0.05) is 49.1 Å². The first kappa shape index (κ1) is 39.4. The number of carboxylic acid groups (broad SMARTS) is 1. The minimum Gasteiger partial charge on any atom is -0.508 e. The highest BCUT2D eigenvalue weighted by Crippen LogP contribution is 2.45. The third kappa shape index (κ3) is 8.34. The number of aromatic hydroxyl groups is 2. The molecule has 2 aromatic heterocycles. The van der Waals surface area contributed by atoms with E-state index in [0.717, 1.165) is 11.3 Å². The molecule has 0 amide bonds. The van der Waals surface area contributed by atoms with Crippen molar-refractivity contribution in [2.45, 2.75) is 69.0 Å². The van der Waals surface area contributed by atoms with Crippen molar-refractivity contribution >= 4 is 22.8 Å². The van der Waals surface area contributed by atoms with E-state index in [1.165, 1.54) is 18.2 Å². The number of carboxylic acids is 1. The Balaban J connectivity index is 1.21. The van der Waals surface area contributed by atoms with Gasteiger partial charge in [0.15, 0.2) is 23.0 Å². The number of phenolic OH excluding ortho intramolecular Hbond substituents is 2. The number of nitrogens with two attached hydrogens (primary N) is 1. The summed E-state index contributed by atoms with van der Waals surface area (Å²) in [7, 11) is 0. The van der Waals surface area contributed by atoms with Crippen LogP contribution in [0.2, 0.25) is 0 Å². The summed E-state index contributed by atoms with van der Waals surface area (Å²) in [5.74, 6) is -1.90. The number of nitrogen functional groups attached to an aromatic ring is 1. The molecular formula is C40H44N4O13. The maximum atomic E-state index is 13.6. The molecular weight excluding hydrogens is 744 g/mol. The topological polar surface area (TPSA) is 271 Å². The normalized spacial score (nSPS) is 23.4. The number of aliphatic hydroxyl groups is 3. The zero-order chi connectivity index (χ0) is 40.4. The minimum atomic E-state index is -2.44. The Kier molecular flexibility index (Phi) is 11.3. The number of nitrogens with one attached hydrogen (secondary N) is 3. The van der Waals surface area contributed by atoms with Gasteiger partial charge in [0.2, 0.25) is 12.0 Å². The van der Waals surface area contributed by atoms with Crippen molar-refractivity contribution in [1.29, 1.82) is 0 Å². The molecule has 2 fully saturated rings. The molecule has 7 rings (SSSR count). The molecule has 0 radical (unpaired) electrons. The molecule has 0 unspecified atom stereocenters. The van der Waals surface area contributed by atoms with Crippen molar-refractivity contribution < 1.29 is 58.8 Å². The van der Waals surface area contributed by atoms with Gasteiger partial charge in [0.25, 0.3) is 0 Å². The van der Waals surface area contributed by atoms with Crippen LogP contribution in [0, 0.1) is 0 Å². The van der Waals surface area contributed by atoms with Crippen LogP contribution < -0.4 is 36.0 Å². The van der Waals surface area contributed by atoms with Crippen molar-refractivity contribution in [3.63, 3.8) is 0 Å². The Bertz CT molecular complexity index is 2290. The molecule has 5 aromatic rings. The number of aliphatic carboxylic acids is 1. The van der Waals surface area contributed by atoms with E-state index in [2.05, 4.69) is 15.6 Å². The smallest absolute Gasteiger partial charge is 0.336 e. The van der Waals surface area contributed by atoms with Gasteiger partial charge in [-0.2, -0.15) is 0 Å². The second-order valence-corrected chi connectivity index (χ2v) is 14.1. The van der Waals surface area contributed by atoms with Gasteiger partial charge >= 0.3 is 5.97 Å². The summed E-state index contributed by atoms with van der Waals surface area (Å²) in [5.41, 5.74) is 5.17. The second kappa shape index (κ2) is 16.3. The molecule has 2 aliphatic rings. The summed E-state index contributed by atoms with van der Waals surface area (Å²) in [4.78, 5) is 29.1. The first-order valence-corrected chi connectivity index (χ1v) is 18.4. The van der Waals surface area contributed by atoms with Crippen LogP contribution in [0.5, 0.6) is 28.7 Å². The molecule has 0 spiro atoms. The van der Waals surface area contributed by atoms with E-state index in [9.17, 15) is 40.2 Å². The van der Waals surface area contributed by atoms with E-state index in [0.29, 0.717) is 55.4 Å². The van der Waals surface area contributed by atoms with Crippen LogP contribution in [-0.2, 0) is 29.0 Å². The molecule has 57 heavy (non-hydrogen) atoms. The number of benzene rings is 3. The Morgan fingerprint density at radius 2 is 1.79 bits per heavy atom. The Morgan fingerprint density at radius 1 is 1.02 bits per heavy atom. The number of aromatic amines is 1. The summed E-state index contributed by atoms with van der Waals surface area (Å²) in [5, 5.41) is 71.7. The van der Waals surface area contributed by atoms with Crippen molar-refractivity contribution in [3.8, 4) is 40.1 Å². The molecule has 11 N–H and O–H groups in total. The SMILES string of the molecule is CCc1cc(O)cc(COc2c(O[C@@H]3O[C@H](C(=O)O)[C@](O)(C[C@H]4CNCN4)[C@@H](O)[C@H]3O)cc3oc(-c4ccc(OCCc5ccc(N)[nH]5)cc4)cc(=O)c3c2O)c1. The number of rotatable bonds is 14. The first-order valence-electron chi connectivity index (χ1n) is 18.4. The van der Waals surface area contributed by atoms with Crippen LogP contribution >= 0.6 is 0 Å². The predicted molar refractivity (Wildman–Crippen MR) is 204 cm³/mol. The molecule has 302 valence electrons. The summed E-state index contributed by atoms with van der Waals surface area (Å²) in [6, 6.07) is 17.1. The number of hydrogen-bond donors (Lipinski definition) is 10. The van der Waals surface area contributed by atoms with Crippen molar-refractivity contribution in [3.05, 3.63) is 93.8 Å². The van der Waals surface area contributed by atoms with Crippen LogP contribution in [0.1, 0.15) is 30.2 Å². The van der Waals surface area contributed by atoms with Crippen molar-refractivity contribution in [2.75, 3.05) is 25.6 Å². The van der Waals surface area contributed by atoms with Crippen LogP contribution in [-0.4, -0.2) is 97.7 Å². The van der Waals surface area contributed by atoms with Crippen LogP contribution in [0.4, 0.5) is 5.82 Å². The molecule has 6 atom stereocenters. The molecule has 2 aliphatic heterocycles. The fraction of sp³-hybridized carbons (Fsp3) is 0.350. The summed E-state index contributed by atoms with van der Waals surface area (Å²) in [6.45, 7) is 2.79. The molecule has 3 aromatic carbocycles. The Morgan fingerprint density at radius 3 is 2.47 bits per heavy atom. The summed E-state index contributed by atoms with van der Waals surface area (Å²) in [6.07, 6.45) is -7.17. The zero-order valence-corrected chi connectivity index (χ0v) is 30.8. The predicted octanol–water partition coefficient (Wildman–Crippen LogP) is 2.09. The molecule has 17 nitrogen and oxygen atoms in total. The molecule has 0 bridgehead atoms. The maximum Gasteiger partial charge on any atom is 0.336 e. The number of aliphatic hydroxyl groups excluding tert-OH is 2. The molecule has 0 saturated carbocycles. The molecule has 17 heteroatoms. The molecule has 2 saturated heterocycles. The highest BCUT2D eigenvalue weighted by Gasteiger charge is 2.59. The lowest BCUT2D eigenvalue weighted by Gasteiger charge is -2.47. The standard InChI is InChI=1S/C40H44N4O13/c1-2-20-11-21(13-25(45)12-20)18-54-35-30(56-39-34(48)36(49)40(52,37(57-39)38(50)51)16-24-17-42-19-43-24)15-29-32(33(35)47)27(46)14-28(55-29)22-3-6-26(7-4-22)53-10-9-23-5-8-31(41)44-23/h3-8,11-15,24,34,36-37,39,42-45,47-49,52H,2,9-10,16-19,41H2,1H3,(H,50,51)/t24-,34+,36-,37+,39+,40-/m0/s1. The minimum absolute atomic E-state index is 0.0226. The monoisotopic (exact) mass is 788 g/mol. The zero-order valence-electron chi connectivity index (χ0n) is 30.8. The quantitative estimate of drug-likeness (QED) is 0.0772. The number of aryl methyl sites for hydroxylation is 1. The van der Waals surface area contributed by atoms with Crippen molar-refractivity contribution in [2.24, 2.45) is 0 Å². The van der Waals surface area contributed by atoms with E-state index in [4.69, 9.17) is 29.1 Å². The van der Waals surface area contributed by atoms with Crippen LogP contribution in [0.25, 0.3) is 22.3 Å². The Labute approximate surface area is 325 Å². The van der Waals surface area contributed by atoms with Gasteiger partial charge in [-0.1, -0.05) is 13.0 Å². The lowest BCUT2D eigenvalue weighted by atomic mass is 9.79. The highest BCUT2D eigenvalue weighted by atomic mass is 16.7. The number of fused-ring (bicyclic) bond motifs is 1. The average Bonchev–Trinajstić information content (AvgIpc) is 3.85. The third-order valence-electron chi connectivity index (χ3n) is 10.1. The van der Waals surface area contributed by atoms with Gasteiger partial charge in [0.1, 0.15) is 58.5 Å². The highest BCUT2D eigenvalue weighted by molar-refractivity contribution is 5.89. The Hall–Kier alpha value is -5.82. The number of H-pyrrole nitrogens is 1. The second-order valence-electron chi connectivity index (χ2n) is 14.1. The van der Waals surface area contributed by atoms with E-state index in [1.807, 2.05) is 13.0 Å². The van der Waals surface area contributed by atoms with Gasteiger partial charge in [-0.25, -0.2) is 4.79 Å². The summed E-state index contributed by atoms with van der Waals surface area (Å²) >= 11 is 0. The largest absolute Gasteiger partial charge is 0.508 e. The van der Waals surface area contributed by atoms with Gasteiger partial charge in [-0.15, -0.1) is 0 Å². The lowest BCUT2D eigenvalue weighted by molar-refractivity contribution is -0.307. The number of anilines is 1. The number of ether oxygens (including phenoxy) is 4. The third-order valence-corrected chi connectivity index (χ3v) is 10.1. The summed E-state index contributed by atoms with van der Waals surface area (Å²) < 4.78 is 29.6. The number of phenols is 2. The van der Waals surface area contributed by atoms with E-state index >= 15 is 0 Å². The van der Waals surface area contributed by atoms with E-state index in [1.54, 1.807) is 42.5 Å². The fourth-order valence-electron chi connectivity index (χ4n) is 7.14. The van der Waals surface area contributed by atoms with E-state index in [-0.39, 0.29) is 41.3 Å². The van der Waals surface area contributed by atoms with Crippen LogP contribution in [0.15, 0.2) is 75.9 Å². The lowest BCUT2D eigenvalue weighted by Crippen LogP contribution is -2.70. The number of aromatic nitrogens is 1. The van der Waals surface area contributed by atoms with E-state index < -0.39 is 59.1 Å².